The van der Waals surface area contributed by atoms with Crippen molar-refractivity contribution in [3.05, 3.63) is 35.9 Å². The van der Waals surface area contributed by atoms with Crippen molar-refractivity contribution in [1.29, 1.82) is 0 Å². The molecule has 0 aliphatic rings. The summed E-state index contributed by atoms with van der Waals surface area (Å²) in [5, 5.41) is 2.52. The lowest BCUT2D eigenvalue weighted by atomic mass is 10.0. The molecule has 0 aromatic heterocycles. The standard InChI is InChI=1S/C13H16ClNO3/c1-2-18-13(17)15-11(12(16)9-14)8-10-6-4-3-5-7-10/h3-7,11H,2,8-9H2,1H3,(H,15,17)/t11-/m0/s1. The molecule has 1 amide bonds. The summed E-state index contributed by atoms with van der Waals surface area (Å²) in [7, 11) is 0. The molecule has 0 saturated heterocycles. The fourth-order valence-corrected chi connectivity index (χ4v) is 1.69. The molecule has 0 spiro atoms. The van der Waals surface area contributed by atoms with E-state index < -0.39 is 12.1 Å². The Kier molecular flexibility index (Phi) is 6.22. The number of ether oxygens (including phenoxy) is 1. The van der Waals surface area contributed by atoms with Crippen molar-refractivity contribution in [2.24, 2.45) is 0 Å². The second-order valence-electron chi connectivity index (χ2n) is 3.71. The number of carbonyl (C=O) groups excluding carboxylic acids is 2. The van der Waals surface area contributed by atoms with E-state index in [1.807, 2.05) is 30.3 Å². The van der Waals surface area contributed by atoms with Gasteiger partial charge in [0, 0.05) is 0 Å². The highest BCUT2D eigenvalue weighted by atomic mass is 35.5. The molecule has 1 aromatic rings. The number of alkyl halides is 1. The van der Waals surface area contributed by atoms with Crippen LogP contribution in [0.1, 0.15) is 12.5 Å². The number of nitrogens with one attached hydrogen (secondary N) is 1. The van der Waals surface area contributed by atoms with Crippen LogP contribution in [0.15, 0.2) is 30.3 Å². The lowest BCUT2D eigenvalue weighted by molar-refractivity contribution is -0.118. The van der Waals surface area contributed by atoms with Gasteiger partial charge in [0.2, 0.25) is 0 Å². The Morgan fingerprint density at radius 1 is 1.33 bits per heavy atom. The van der Waals surface area contributed by atoms with Crippen LogP contribution in [0, 0.1) is 0 Å². The molecule has 1 N–H and O–H groups in total. The van der Waals surface area contributed by atoms with Gasteiger partial charge in [-0.2, -0.15) is 0 Å². The smallest absolute Gasteiger partial charge is 0.407 e. The van der Waals surface area contributed by atoms with Crippen molar-refractivity contribution in [2.75, 3.05) is 12.5 Å². The average Bonchev–Trinajstić information content (AvgIpc) is 2.38. The molecule has 0 fully saturated rings. The highest BCUT2D eigenvalue weighted by molar-refractivity contribution is 6.28. The van der Waals surface area contributed by atoms with Gasteiger partial charge < -0.3 is 10.1 Å². The average molecular weight is 270 g/mol. The second-order valence-corrected chi connectivity index (χ2v) is 3.97. The quantitative estimate of drug-likeness (QED) is 0.805. The predicted molar refractivity (Wildman–Crippen MR) is 69.8 cm³/mol. The number of ketones is 1. The van der Waals surface area contributed by atoms with Crippen LogP contribution in [-0.2, 0) is 16.0 Å². The van der Waals surface area contributed by atoms with E-state index in [1.54, 1.807) is 6.92 Å². The first-order valence-electron chi connectivity index (χ1n) is 5.73. The number of benzene rings is 1. The van der Waals surface area contributed by atoms with Crippen LogP contribution in [-0.4, -0.2) is 30.4 Å². The van der Waals surface area contributed by atoms with Crippen LogP contribution < -0.4 is 5.32 Å². The van der Waals surface area contributed by atoms with Crippen molar-refractivity contribution in [3.63, 3.8) is 0 Å². The molecule has 98 valence electrons. The van der Waals surface area contributed by atoms with Crippen molar-refractivity contribution in [3.8, 4) is 0 Å². The first-order chi connectivity index (χ1) is 8.67. The zero-order valence-electron chi connectivity index (χ0n) is 10.2. The Morgan fingerprint density at radius 3 is 2.56 bits per heavy atom. The summed E-state index contributed by atoms with van der Waals surface area (Å²) < 4.78 is 4.76. The van der Waals surface area contributed by atoms with E-state index >= 15 is 0 Å². The fourth-order valence-electron chi connectivity index (χ4n) is 1.50. The molecule has 5 heteroatoms. The Balaban J connectivity index is 2.67. The summed E-state index contributed by atoms with van der Waals surface area (Å²) in [5.74, 6) is -0.363. The first kappa shape index (κ1) is 14.5. The van der Waals surface area contributed by atoms with E-state index in [-0.39, 0.29) is 18.3 Å². The topological polar surface area (TPSA) is 55.4 Å². The van der Waals surface area contributed by atoms with Crippen molar-refractivity contribution >= 4 is 23.5 Å². The fraction of sp³-hybridized carbons (Fsp3) is 0.385. The highest BCUT2D eigenvalue weighted by Gasteiger charge is 2.20. The highest BCUT2D eigenvalue weighted by Crippen LogP contribution is 2.05. The van der Waals surface area contributed by atoms with Gasteiger partial charge in [0.05, 0.1) is 18.5 Å². The Hall–Kier alpha value is -1.55. The number of hydrogen-bond acceptors (Lipinski definition) is 3. The molecule has 0 saturated carbocycles. The van der Waals surface area contributed by atoms with Gasteiger partial charge in [-0.3, -0.25) is 4.79 Å². The molecule has 0 aliphatic heterocycles. The molecule has 0 radical (unpaired) electrons. The third kappa shape index (κ3) is 4.75. The van der Waals surface area contributed by atoms with Gasteiger partial charge in [0.15, 0.2) is 5.78 Å². The molecule has 0 aliphatic carbocycles. The van der Waals surface area contributed by atoms with Gasteiger partial charge in [0.25, 0.3) is 0 Å². The summed E-state index contributed by atoms with van der Waals surface area (Å²) in [4.78, 5) is 23.0. The van der Waals surface area contributed by atoms with Crippen LogP contribution in [0.3, 0.4) is 0 Å². The minimum atomic E-state index is -0.649. The summed E-state index contributed by atoms with van der Waals surface area (Å²) in [6.45, 7) is 1.97. The van der Waals surface area contributed by atoms with Crippen LogP contribution in [0.4, 0.5) is 4.79 Å². The van der Waals surface area contributed by atoms with E-state index in [9.17, 15) is 9.59 Å². The minimum Gasteiger partial charge on any atom is -0.450 e. The maximum atomic E-state index is 11.7. The maximum absolute atomic E-state index is 11.7. The van der Waals surface area contributed by atoms with E-state index in [2.05, 4.69) is 5.32 Å². The maximum Gasteiger partial charge on any atom is 0.407 e. The van der Waals surface area contributed by atoms with Crippen molar-refractivity contribution in [1.82, 2.24) is 5.32 Å². The monoisotopic (exact) mass is 269 g/mol. The van der Waals surface area contributed by atoms with Gasteiger partial charge in [-0.1, -0.05) is 30.3 Å². The molecule has 4 nitrogen and oxygen atoms in total. The summed E-state index contributed by atoms with van der Waals surface area (Å²) >= 11 is 5.53. The SMILES string of the molecule is CCOC(=O)N[C@@H](Cc1ccccc1)C(=O)CCl. The van der Waals surface area contributed by atoms with E-state index in [4.69, 9.17) is 16.3 Å². The van der Waals surface area contributed by atoms with Gasteiger partial charge in [-0.05, 0) is 18.9 Å². The van der Waals surface area contributed by atoms with Crippen LogP contribution in [0.2, 0.25) is 0 Å². The van der Waals surface area contributed by atoms with E-state index in [0.717, 1.165) is 5.56 Å². The zero-order chi connectivity index (χ0) is 13.4. The van der Waals surface area contributed by atoms with Gasteiger partial charge in [-0.25, -0.2) is 4.79 Å². The molecule has 1 rings (SSSR count). The number of amides is 1. The molecule has 0 bridgehead atoms. The lowest BCUT2D eigenvalue weighted by Crippen LogP contribution is -2.43. The summed E-state index contributed by atoms with van der Waals surface area (Å²) in [5.41, 5.74) is 0.956. The normalized spacial score (nSPS) is 11.7. The molecule has 18 heavy (non-hydrogen) atoms. The molecule has 1 atom stereocenters. The van der Waals surface area contributed by atoms with Gasteiger partial charge in [0.1, 0.15) is 0 Å². The third-order valence-electron chi connectivity index (χ3n) is 2.37. The van der Waals surface area contributed by atoms with Crippen LogP contribution >= 0.6 is 11.6 Å². The van der Waals surface area contributed by atoms with Gasteiger partial charge in [-0.15, -0.1) is 11.6 Å². The number of hydrogen-bond donors (Lipinski definition) is 1. The van der Waals surface area contributed by atoms with E-state index in [0.29, 0.717) is 6.42 Å². The Bertz CT molecular complexity index is 394. The van der Waals surface area contributed by atoms with Crippen molar-refractivity contribution < 1.29 is 14.3 Å². The number of carbonyl (C=O) groups is 2. The second kappa shape index (κ2) is 7.71. The Morgan fingerprint density at radius 2 is 2.00 bits per heavy atom. The molecule has 0 heterocycles. The number of alkyl carbamates (subject to hydrolysis) is 1. The zero-order valence-corrected chi connectivity index (χ0v) is 10.9. The van der Waals surface area contributed by atoms with Crippen LogP contribution in [0.25, 0.3) is 0 Å². The predicted octanol–water partition coefficient (Wildman–Crippen LogP) is 2.15. The van der Waals surface area contributed by atoms with Gasteiger partial charge >= 0.3 is 6.09 Å². The molecule has 1 aromatic carbocycles. The number of rotatable bonds is 6. The lowest BCUT2D eigenvalue weighted by Gasteiger charge is -2.16. The van der Waals surface area contributed by atoms with Crippen molar-refractivity contribution in [2.45, 2.75) is 19.4 Å². The summed E-state index contributed by atoms with van der Waals surface area (Å²) in [6, 6.07) is 8.77. The largest absolute Gasteiger partial charge is 0.450 e. The third-order valence-corrected chi connectivity index (χ3v) is 2.63. The minimum absolute atomic E-state index is 0.135. The summed E-state index contributed by atoms with van der Waals surface area (Å²) in [6.07, 6.45) is -0.192. The number of halogens is 1. The van der Waals surface area contributed by atoms with E-state index in [1.165, 1.54) is 0 Å². The molecule has 0 unspecified atom stereocenters. The number of Topliss-reactive ketones (excluding diaryl/α,β-unsaturated/α-hetero) is 1. The Labute approximate surface area is 111 Å². The first-order valence-corrected chi connectivity index (χ1v) is 6.26. The molecular weight excluding hydrogens is 254 g/mol. The van der Waals surface area contributed by atoms with Crippen LogP contribution in [0.5, 0.6) is 0 Å². The molecular formula is C13H16ClNO3.